The number of carbonyl (C=O) groups excluding carboxylic acids is 1. The molecule has 0 spiro atoms. The third-order valence-electron chi connectivity index (χ3n) is 5.51. The van der Waals surface area contributed by atoms with Crippen molar-refractivity contribution in [3.8, 4) is 0 Å². The Kier molecular flexibility index (Phi) is 4.90. The van der Waals surface area contributed by atoms with Crippen molar-refractivity contribution < 1.29 is 13.2 Å². The Morgan fingerprint density at radius 3 is 2.72 bits per heavy atom. The first kappa shape index (κ1) is 19.6. The fraction of sp³-hybridized carbons (Fsp3) is 0.381. The van der Waals surface area contributed by atoms with E-state index in [1.807, 2.05) is 51.1 Å². The predicted octanol–water partition coefficient (Wildman–Crippen LogP) is 2.90. The number of pyridine rings is 1. The summed E-state index contributed by atoms with van der Waals surface area (Å²) < 4.78 is 25.4. The first-order chi connectivity index (χ1) is 13.7. The minimum absolute atomic E-state index is 0.114. The first-order valence-electron chi connectivity index (χ1n) is 9.65. The average molecular weight is 413 g/mol. The normalized spacial score (nSPS) is 18.2. The largest absolute Gasteiger partial charge is 0.325 e. The summed E-state index contributed by atoms with van der Waals surface area (Å²) in [5.41, 5.74) is 4.96. The number of hydrogen-bond acceptors (Lipinski definition) is 5. The van der Waals surface area contributed by atoms with E-state index in [-0.39, 0.29) is 29.9 Å². The van der Waals surface area contributed by atoms with Gasteiger partial charge in [-0.25, -0.2) is 8.42 Å². The summed E-state index contributed by atoms with van der Waals surface area (Å²) in [4.78, 5) is 17.3. The van der Waals surface area contributed by atoms with Gasteiger partial charge in [-0.3, -0.25) is 14.5 Å². The molecule has 2 aromatic heterocycles. The highest BCUT2D eigenvalue weighted by Crippen LogP contribution is 2.27. The van der Waals surface area contributed by atoms with Crippen molar-refractivity contribution in [3.05, 3.63) is 53.0 Å². The van der Waals surface area contributed by atoms with E-state index in [9.17, 15) is 13.2 Å². The van der Waals surface area contributed by atoms with Gasteiger partial charge < -0.3 is 5.32 Å². The molecule has 3 heterocycles. The molecule has 0 aliphatic carbocycles. The molecule has 1 aliphatic heterocycles. The molecule has 7 nitrogen and oxygen atoms in total. The lowest BCUT2D eigenvalue weighted by Crippen LogP contribution is -2.17. The third-order valence-corrected chi connectivity index (χ3v) is 7.26. The summed E-state index contributed by atoms with van der Waals surface area (Å²) in [5, 5.41) is 8.42. The number of rotatable bonds is 4. The van der Waals surface area contributed by atoms with Crippen molar-refractivity contribution >= 4 is 32.3 Å². The highest BCUT2D eigenvalue weighted by Gasteiger charge is 2.31. The molecular formula is C21H24N4O3S. The number of anilines is 1. The van der Waals surface area contributed by atoms with Gasteiger partial charge in [0.25, 0.3) is 0 Å². The van der Waals surface area contributed by atoms with Crippen molar-refractivity contribution in [2.75, 3.05) is 16.8 Å². The summed E-state index contributed by atoms with van der Waals surface area (Å²) in [7, 11) is -3.00. The molecule has 3 aromatic rings. The molecule has 29 heavy (non-hydrogen) atoms. The van der Waals surface area contributed by atoms with Crippen LogP contribution in [0.2, 0.25) is 0 Å². The number of fused-ring (bicyclic) bond motifs is 1. The van der Waals surface area contributed by atoms with Crippen molar-refractivity contribution in [1.29, 1.82) is 0 Å². The number of aromatic nitrogens is 3. The van der Waals surface area contributed by atoms with Gasteiger partial charge in [-0.1, -0.05) is 6.07 Å². The Hall–Kier alpha value is -2.74. The smallest absolute Gasteiger partial charge is 0.228 e. The minimum atomic E-state index is -3.00. The van der Waals surface area contributed by atoms with E-state index in [0.29, 0.717) is 6.42 Å². The zero-order valence-electron chi connectivity index (χ0n) is 16.8. The van der Waals surface area contributed by atoms with Gasteiger partial charge >= 0.3 is 0 Å². The van der Waals surface area contributed by atoms with Gasteiger partial charge in [0.05, 0.1) is 40.9 Å². The molecule has 8 heteroatoms. The molecule has 1 fully saturated rings. The summed E-state index contributed by atoms with van der Waals surface area (Å²) in [6.07, 6.45) is 0.755. The Labute approximate surface area is 170 Å². The quantitative estimate of drug-likeness (QED) is 0.711. The van der Waals surface area contributed by atoms with Gasteiger partial charge in [-0.05, 0) is 51.5 Å². The van der Waals surface area contributed by atoms with Gasteiger partial charge in [0.1, 0.15) is 0 Å². The number of amides is 1. The highest BCUT2D eigenvalue weighted by molar-refractivity contribution is 7.91. The Morgan fingerprint density at radius 2 is 2.00 bits per heavy atom. The zero-order valence-corrected chi connectivity index (χ0v) is 17.6. The molecule has 1 saturated heterocycles. The average Bonchev–Trinajstić information content (AvgIpc) is 3.15. The molecule has 1 unspecified atom stereocenters. The highest BCUT2D eigenvalue weighted by atomic mass is 32.2. The SMILES string of the molecule is Cc1ccc2c(NC(=O)Cc3c(C)nn(C4CCS(=O)(=O)C4)c3C)cccc2n1. The second-order valence-corrected chi connectivity index (χ2v) is 9.93. The van der Waals surface area contributed by atoms with Crippen LogP contribution in [-0.2, 0) is 21.1 Å². The lowest BCUT2D eigenvalue weighted by molar-refractivity contribution is -0.115. The second-order valence-electron chi connectivity index (χ2n) is 7.70. The van der Waals surface area contributed by atoms with Crippen LogP contribution in [0.3, 0.4) is 0 Å². The maximum Gasteiger partial charge on any atom is 0.228 e. The molecule has 0 radical (unpaired) electrons. The predicted molar refractivity (Wildman–Crippen MR) is 113 cm³/mol. The van der Waals surface area contributed by atoms with E-state index in [2.05, 4.69) is 15.4 Å². The first-order valence-corrected chi connectivity index (χ1v) is 11.5. The van der Waals surface area contributed by atoms with E-state index in [1.54, 1.807) is 4.68 Å². The van der Waals surface area contributed by atoms with Crippen molar-refractivity contribution in [1.82, 2.24) is 14.8 Å². The van der Waals surface area contributed by atoms with Gasteiger partial charge in [0.2, 0.25) is 5.91 Å². The minimum Gasteiger partial charge on any atom is -0.325 e. The van der Waals surface area contributed by atoms with Crippen LogP contribution >= 0.6 is 0 Å². The van der Waals surface area contributed by atoms with Gasteiger partial charge in [-0.2, -0.15) is 5.10 Å². The molecule has 152 valence electrons. The van der Waals surface area contributed by atoms with Crippen LogP contribution in [0.4, 0.5) is 5.69 Å². The van der Waals surface area contributed by atoms with E-state index in [1.165, 1.54) is 0 Å². The van der Waals surface area contributed by atoms with E-state index in [4.69, 9.17) is 0 Å². The number of aryl methyl sites for hydroxylation is 2. The third kappa shape index (κ3) is 3.89. The Bertz CT molecular complexity index is 1210. The molecule has 1 atom stereocenters. The van der Waals surface area contributed by atoms with Crippen LogP contribution in [0.15, 0.2) is 30.3 Å². The number of sulfone groups is 1. The van der Waals surface area contributed by atoms with E-state index < -0.39 is 9.84 Å². The van der Waals surface area contributed by atoms with Crippen LogP contribution in [0.25, 0.3) is 10.9 Å². The number of carbonyl (C=O) groups is 1. The molecule has 1 amide bonds. The standard InChI is InChI=1S/C21H24N4O3S/c1-13-7-8-17-19(22-13)5-4-6-20(17)23-21(26)11-18-14(2)24-25(15(18)3)16-9-10-29(27,28)12-16/h4-8,16H,9-12H2,1-3H3,(H,23,26). The van der Waals surface area contributed by atoms with E-state index in [0.717, 1.165) is 39.2 Å². The van der Waals surface area contributed by atoms with Crippen LogP contribution in [0.1, 0.15) is 35.1 Å². The lowest BCUT2D eigenvalue weighted by Gasteiger charge is -2.12. The number of nitrogens with one attached hydrogen (secondary N) is 1. The monoisotopic (exact) mass is 412 g/mol. The topological polar surface area (TPSA) is 94.0 Å². The zero-order chi connectivity index (χ0) is 20.8. The van der Waals surface area contributed by atoms with Gasteiger partial charge in [-0.15, -0.1) is 0 Å². The molecule has 1 aliphatic rings. The van der Waals surface area contributed by atoms with Gasteiger partial charge in [0.15, 0.2) is 9.84 Å². The van der Waals surface area contributed by atoms with E-state index >= 15 is 0 Å². The second kappa shape index (κ2) is 7.26. The maximum atomic E-state index is 12.8. The van der Waals surface area contributed by atoms with Crippen LogP contribution in [-0.4, -0.2) is 40.6 Å². The van der Waals surface area contributed by atoms with Crippen molar-refractivity contribution in [2.24, 2.45) is 0 Å². The van der Waals surface area contributed by atoms with Crippen LogP contribution in [0.5, 0.6) is 0 Å². The number of benzene rings is 1. The Balaban J connectivity index is 1.55. The number of hydrogen-bond donors (Lipinski definition) is 1. The van der Waals surface area contributed by atoms with Crippen molar-refractivity contribution in [3.63, 3.8) is 0 Å². The summed E-state index contributed by atoms with van der Waals surface area (Å²) in [6.45, 7) is 5.70. The molecule has 4 rings (SSSR count). The van der Waals surface area contributed by atoms with Crippen LogP contribution in [0, 0.1) is 20.8 Å². The van der Waals surface area contributed by atoms with Gasteiger partial charge in [0, 0.05) is 22.3 Å². The molecule has 0 bridgehead atoms. The van der Waals surface area contributed by atoms with Crippen molar-refractivity contribution in [2.45, 2.75) is 39.7 Å². The molecule has 1 N–H and O–H groups in total. The molecule has 1 aromatic carbocycles. The fourth-order valence-electron chi connectivity index (χ4n) is 4.00. The maximum absolute atomic E-state index is 12.8. The molecule has 0 saturated carbocycles. The molecular weight excluding hydrogens is 388 g/mol. The summed E-state index contributed by atoms with van der Waals surface area (Å²) in [6, 6.07) is 9.40. The Morgan fingerprint density at radius 1 is 1.21 bits per heavy atom. The fourth-order valence-corrected chi connectivity index (χ4v) is 5.69. The lowest BCUT2D eigenvalue weighted by atomic mass is 10.1. The number of nitrogens with zero attached hydrogens (tertiary/aromatic N) is 3. The summed E-state index contributed by atoms with van der Waals surface area (Å²) >= 11 is 0. The van der Waals surface area contributed by atoms with Crippen LogP contribution < -0.4 is 5.32 Å². The summed E-state index contributed by atoms with van der Waals surface area (Å²) in [5.74, 6) is 0.173.